The lowest BCUT2D eigenvalue weighted by molar-refractivity contribution is -0.132. The molecule has 0 spiro atoms. The van der Waals surface area contributed by atoms with Crippen LogP contribution >= 0.6 is 0 Å². The monoisotopic (exact) mass is 429 g/mol. The van der Waals surface area contributed by atoms with Gasteiger partial charge in [0.25, 0.3) is 5.56 Å². The summed E-state index contributed by atoms with van der Waals surface area (Å²) in [4.78, 5) is 39.3. The Bertz CT molecular complexity index is 1260. The molecule has 0 bridgehead atoms. The fourth-order valence-electron chi connectivity index (χ4n) is 4.75. The summed E-state index contributed by atoms with van der Waals surface area (Å²) >= 11 is 0. The highest BCUT2D eigenvalue weighted by Crippen LogP contribution is 2.43. The Morgan fingerprint density at radius 3 is 2.28 bits per heavy atom. The number of para-hydroxylation sites is 1. The molecule has 2 amide bonds. The maximum absolute atomic E-state index is 13.5. The zero-order valence-corrected chi connectivity index (χ0v) is 18.5. The first-order valence-corrected chi connectivity index (χ1v) is 11.4. The maximum Gasteiger partial charge on any atom is 0.251 e. The van der Waals surface area contributed by atoms with Crippen molar-refractivity contribution in [3.63, 3.8) is 0 Å². The molecular formula is C26H27N3O3. The molecule has 3 aromatic rings. The van der Waals surface area contributed by atoms with E-state index in [4.69, 9.17) is 0 Å². The highest BCUT2D eigenvalue weighted by molar-refractivity contribution is 6.12. The molecule has 32 heavy (non-hydrogen) atoms. The second-order valence-electron chi connectivity index (χ2n) is 8.66. The molecular weight excluding hydrogens is 402 g/mol. The molecule has 1 saturated heterocycles. The van der Waals surface area contributed by atoms with Gasteiger partial charge in [0, 0.05) is 30.3 Å². The number of hydrogen-bond donors (Lipinski definition) is 0. The summed E-state index contributed by atoms with van der Waals surface area (Å²) < 4.78 is 1.76. The van der Waals surface area contributed by atoms with Crippen LogP contribution in [0.4, 0.5) is 11.4 Å². The van der Waals surface area contributed by atoms with E-state index in [0.717, 1.165) is 29.3 Å². The molecule has 6 nitrogen and oxygen atoms in total. The number of hydrogen-bond acceptors (Lipinski definition) is 3. The third-order valence-corrected chi connectivity index (χ3v) is 6.61. The Labute approximate surface area is 187 Å². The summed E-state index contributed by atoms with van der Waals surface area (Å²) in [5, 5.41) is 4.02. The van der Waals surface area contributed by atoms with Crippen molar-refractivity contribution in [2.24, 2.45) is 5.92 Å². The minimum atomic E-state index is -0.342. The molecule has 0 N–H and O–H groups in total. The van der Waals surface area contributed by atoms with Crippen LogP contribution in [-0.4, -0.2) is 16.4 Å². The average molecular weight is 430 g/mol. The van der Waals surface area contributed by atoms with Gasteiger partial charge in [0.15, 0.2) is 0 Å². The quantitative estimate of drug-likeness (QED) is 0.595. The number of hydrazine groups is 1. The van der Waals surface area contributed by atoms with E-state index in [1.54, 1.807) is 10.6 Å². The van der Waals surface area contributed by atoms with E-state index in [0.29, 0.717) is 30.3 Å². The molecule has 5 rings (SSSR count). The van der Waals surface area contributed by atoms with E-state index >= 15 is 0 Å². The Morgan fingerprint density at radius 1 is 0.875 bits per heavy atom. The van der Waals surface area contributed by atoms with E-state index in [1.165, 1.54) is 10.0 Å². The fraction of sp³-hybridized carbons (Fsp3) is 0.346. The molecule has 2 aromatic carbocycles. The number of fused-ring (bicyclic) bond motifs is 1. The Balaban J connectivity index is 1.71. The minimum Gasteiger partial charge on any atom is -0.309 e. The van der Waals surface area contributed by atoms with Crippen LogP contribution < -0.4 is 15.6 Å². The molecule has 1 saturated carbocycles. The van der Waals surface area contributed by atoms with E-state index < -0.39 is 0 Å². The van der Waals surface area contributed by atoms with Crippen LogP contribution in [0.3, 0.4) is 0 Å². The van der Waals surface area contributed by atoms with Gasteiger partial charge in [-0.15, -0.1) is 0 Å². The third kappa shape index (κ3) is 3.30. The Kier molecular flexibility index (Phi) is 5.08. The third-order valence-electron chi connectivity index (χ3n) is 6.61. The predicted molar refractivity (Wildman–Crippen MR) is 126 cm³/mol. The standard InChI is InChI=1S/C26H27N3O3/c1-3-17-14-25(31)28(19-8-6-5-7-9-19)29(26(17)32)20-12-13-23-22(15-20)21(18-10-11-18)16-24(30)27(23)4-2/h5-9,12-13,15-18H,3-4,10-11,14H2,1-2H3. The van der Waals surface area contributed by atoms with Crippen LogP contribution in [0.25, 0.3) is 10.9 Å². The van der Waals surface area contributed by atoms with Crippen molar-refractivity contribution in [1.29, 1.82) is 0 Å². The summed E-state index contributed by atoms with van der Waals surface area (Å²) in [7, 11) is 0. The summed E-state index contributed by atoms with van der Waals surface area (Å²) in [6.45, 7) is 4.48. The number of amides is 2. The van der Waals surface area contributed by atoms with Crippen LogP contribution in [0.1, 0.15) is 51.0 Å². The predicted octanol–water partition coefficient (Wildman–Crippen LogP) is 4.61. The lowest BCUT2D eigenvalue weighted by Gasteiger charge is -2.41. The van der Waals surface area contributed by atoms with Crippen molar-refractivity contribution in [3.8, 4) is 0 Å². The molecule has 1 unspecified atom stereocenters. The lowest BCUT2D eigenvalue weighted by atomic mass is 9.97. The molecule has 1 aliphatic heterocycles. The van der Waals surface area contributed by atoms with Gasteiger partial charge in [-0.3, -0.25) is 14.4 Å². The first kappa shape index (κ1) is 20.5. The van der Waals surface area contributed by atoms with E-state index in [-0.39, 0.29) is 29.7 Å². The van der Waals surface area contributed by atoms with Gasteiger partial charge in [-0.2, -0.15) is 0 Å². The van der Waals surface area contributed by atoms with Crippen LogP contribution in [0.2, 0.25) is 0 Å². The minimum absolute atomic E-state index is 0.0100. The van der Waals surface area contributed by atoms with Gasteiger partial charge in [-0.25, -0.2) is 10.0 Å². The van der Waals surface area contributed by atoms with Crippen molar-refractivity contribution in [2.45, 2.75) is 52.0 Å². The van der Waals surface area contributed by atoms with Crippen LogP contribution in [-0.2, 0) is 16.1 Å². The van der Waals surface area contributed by atoms with Gasteiger partial charge in [-0.1, -0.05) is 25.1 Å². The van der Waals surface area contributed by atoms with Crippen LogP contribution in [0.5, 0.6) is 0 Å². The molecule has 2 heterocycles. The fourth-order valence-corrected chi connectivity index (χ4v) is 4.75. The maximum atomic E-state index is 13.5. The van der Waals surface area contributed by atoms with Crippen molar-refractivity contribution >= 4 is 34.1 Å². The molecule has 2 aliphatic rings. The zero-order chi connectivity index (χ0) is 22.4. The molecule has 0 radical (unpaired) electrons. The Hall–Kier alpha value is -3.41. The largest absolute Gasteiger partial charge is 0.309 e. The number of pyridine rings is 1. The molecule has 1 aliphatic carbocycles. The summed E-state index contributed by atoms with van der Waals surface area (Å²) in [5.74, 6) is -0.124. The van der Waals surface area contributed by atoms with E-state index in [2.05, 4.69) is 0 Å². The zero-order valence-electron chi connectivity index (χ0n) is 18.5. The van der Waals surface area contributed by atoms with Crippen molar-refractivity contribution in [3.05, 3.63) is 70.5 Å². The van der Waals surface area contributed by atoms with Gasteiger partial charge in [0.2, 0.25) is 11.8 Å². The van der Waals surface area contributed by atoms with Gasteiger partial charge in [-0.05, 0) is 68.0 Å². The number of benzene rings is 2. The van der Waals surface area contributed by atoms with Crippen molar-refractivity contribution in [2.75, 3.05) is 10.0 Å². The van der Waals surface area contributed by atoms with E-state index in [1.807, 2.05) is 62.4 Å². The topological polar surface area (TPSA) is 62.6 Å². The van der Waals surface area contributed by atoms with Crippen molar-refractivity contribution < 1.29 is 9.59 Å². The van der Waals surface area contributed by atoms with Gasteiger partial charge >= 0.3 is 0 Å². The highest BCUT2D eigenvalue weighted by atomic mass is 16.2. The Morgan fingerprint density at radius 2 is 1.62 bits per heavy atom. The summed E-state index contributed by atoms with van der Waals surface area (Å²) in [6, 6.07) is 16.8. The molecule has 1 atom stereocenters. The lowest BCUT2D eigenvalue weighted by Crippen LogP contribution is -2.57. The SMILES string of the molecule is CCC1CC(=O)N(c2ccccc2)N(c2ccc3c(c2)c(C2CC2)cc(=O)n3CC)C1=O. The number of aryl methyl sites for hydroxylation is 1. The second kappa shape index (κ2) is 7.93. The average Bonchev–Trinajstić information content (AvgIpc) is 3.65. The number of nitrogens with zero attached hydrogens (tertiary/aromatic N) is 3. The number of carbonyl (C=O) groups is 2. The summed E-state index contributed by atoms with van der Waals surface area (Å²) in [5.41, 5.74) is 3.25. The van der Waals surface area contributed by atoms with Gasteiger partial charge < -0.3 is 4.57 Å². The summed E-state index contributed by atoms with van der Waals surface area (Å²) in [6.07, 6.45) is 2.96. The van der Waals surface area contributed by atoms with E-state index in [9.17, 15) is 14.4 Å². The normalized spacial score (nSPS) is 19.1. The number of rotatable bonds is 5. The molecule has 2 fully saturated rings. The van der Waals surface area contributed by atoms with Crippen LogP contribution in [0.15, 0.2) is 59.4 Å². The first-order valence-electron chi connectivity index (χ1n) is 11.4. The first-order chi connectivity index (χ1) is 15.5. The highest BCUT2D eigenvalue weighted by Gasteiger charge is 2.40. The van der Waals surface area contributed by atoms with Gasteiger partial charge in [0.05, 0.1) is 16.9 Å². The number of carbonyl (C=O) groups excluding carboxylic acids is 2. The number of aromatic nitrogens is 1. The van der Waals surface area contributed by atoms with Gasteiger partial charge in [0.1, 0.15) is 0 Å². The number of anilines is 2. The molecule has 6 heteroatoms. The molecule has 1 aromatic heterocycles. The smallest absolute Gasteiger partial charge is 0.251 e. The second-order valence-corrected chi connectivity index (χ2v) is 8.66. The van der Waals surface area contributed by atoms with Crippen molar-refractivity contribution in [1.82, 2.24) is 4.57 Å². The van der Waals surface area contributed by atoms with Crippen LogP contribution in [0, 0.1) is 5.92 Å². The molecule has 164 valence electrons.